The number of halogens is 1. The van der Waals surface area contributed by atoms with E-state index in [1.807, 2.05) is 42.6 Å². The van der Waals surface area contributed by atoms with Gasteiger partial charge in [-0.15, -0.1) is 0 Å². The molecule has 3 aromatic rings. The lowest BCUT2D eigenvalue weighted by Crippen LogP contribution is -2.22. The van der Waals surface area contributed by atoms with Crippen molar-refractivity contribution in [3.05, 3.63) is 59.0 Å². The smallest absolute Gasteiger partial charge is 0.298 e. The minimum absolute atomic E-state index is 0.0562. The second-order valence-corrected chi connectivity index (χ2v) is 6.74. The summed E-state index contributed by atoms with van der Waals surface area (Å²) < 4.78 is 19.7. The van der Waals surface area contributed by atoms with Crippen molar-refractivity contribution in [1.29, 1.82) is 0 Å². The van der Waals surface area contributed by atoms with Crippen molar-refractivity contribution in [2.75, 3.05) is 13.7 Å². The molecule has 1 aromatic carbocycles. The number of ether oxygens (including phenoxy) is 3. The lowest BCUT2D eigenvalue weighted by Gasteiger charge is -2.11. The van der Waals surface area contributed by atoms with Crippen molar-refractivity contribution < 1.29 is 14.2 Å². The highest BCUT2D eigenvalue weighted by Gasteiger charge is 2.29. The van der Waals surface area contributed by atoms with E-state index in [4.69, 9.17) is 14.2 Å². The van der Waals surface area contributed by atoms with Crippen LogP contribution in [0.3, 0.4) is 0 Å². The molecule has 0 bridgehead atoms. The molecule has 0 amide bonds. The summed E-state index contributed by atoms with van der Waals surface area (Å²) in [5, 5.41) is 0. The fourth-order valence-electron chi connectivity index (χ4n) is 2.95. The quantitative estimate of drug-likeness (QED) is 0.614. The maximum atomic E-state index is 5.92. The Hall–Kier alpha value is -2.38. The number of hydrogen-bond donors (Lipinski definition) is 0. The van der Waals surface area contributed by atoms with Gasteiger partial charge in [-0.1, -0.05) is 12.1 Å². The van der Waals surface area contributed by atoms with Crippen molar-refractivity contribution >= 4 is 15.9 Å². The van der Waals surface area contributed by atoms with Crippen LogP contribution >= 0.6 is 15.9 Å². The van der Waals surface area contributed by atoms with Crippen molar-refractivity contribution in [2.24, 2.45) is 0 Å². The highest BCUT2D eigenvalue weighted by atomic mass is 79.9. The molecule has 4 rings (SSSR count). The molecular weight excluding hydrogens is 398 g/mol. The maximum absolute atomic E-state index is 5.92. The van der Waals surface area contributed by atoms with Crippen LogP contribution in [0.1, 0.15) is 5.56 Å². The number of nitrogens with zero attached hydrogens (tertiary/aromatic N) is 3. The third kappa shape index (κ3) is 3.45. The lowest BCUT2D eigenvalue weighted by atomic mass is 10.2. The summed E-state index contributed by atoms with van der Waals surface area (Å²) in [4.78, 5) is 8.65. The van der Waals surface area contributed by atoms with Gasteiger partial charge >= 0.3 is 0 Å². The molecule has 26 heavy (non-hydrogen) atoms. The fraction of sp³-hybridized carbons (Fsp3) is 0.263. The Bertz CT molecular complexity index is 881. The van der Waals surface area contributed by atoms with Crippen molar-refractivity contribution in [1.82, 2.24) is 14.5 Å². The van der Waals surface area contributed by atoms with Crippen LogP contribution in [-0.4, -0.2) is 34.4 Å². The van der Waals surface area contributed by atoms with E-state index in [1.54, 1.807) is 13.3 Å². The van der Waals surface area contributed by atoms with E-state index in [0.29, 0.717) is 25.8 Å². The van der Waals surface area contributed by atoms with E-state index in [-0.39, 0.29) is 6.10 Å². The summed E-state index contributed by atoms with van der Waals surface area (Å²) in [6.45, 7) is 1.73. The Morgan fingerprint density at radius 3 is 2.85 bits per heavy atom. The zero-order chi connectivity index (χ0) is 17.9. The molecule has 0 saturated carbocycles. The Morgan fingerprint density at radius 2 is 2.12 bits per heavy atom. The monoisotopic (exact) mass is 415 g/mol. The normalized spacial score (nSPS) is 15.5. The first-order valence-corrected chi connectivity index (χ1v) is 9.07. The first kappa shape index (κ1) is 17.1. The van der Waals surface area contributed by atoms with Crippen LogP contribution in [0.4, 0.5) is 0 Å². The summed E-state index contributed by atoms with van der Waals surface area (Å²) in [5.41, 5.74) is 3.08. The Labute approximate surface area is 159 Å². The summed E-state index contributed by atoms with van der Waals surface area (Å²) >= 11 is 3.51. The van der Waals surface area contributed by atoms with Crippen molar-refractivity contribution in [2.45, 2.75) is 19.3 Å². The second kappa shape index (κ2) is 7.47. The topological polar surface area (TPSA) is 58.4 Å². The number of rotatable bonds is 6. The number of benzene rings is 1. The number of hydrogen-bond acceptors (Lipinski definition) is 5. The molecule has 0 spiro atoms. The molecule has 134 valence electrons. The molecule has 0 saturated heterocycles. The number of imidazole rings is 1. The van der Waals surface area contributed by atoms with Gasteiger partial charge in [-0.2, -0.15) is 4.98 Å². The average Bonchev–Trinajstić information content (AvgIpc) is 3.19. The Balaban J connectivity index is 1.37. The van der Waals surface area contributed by atoms with E-state index in [2.05, 4.69) is 30.5 Å². The van der Waals surface area contributed by atoms with Crippen LogP contribution in [0.15, 0.2) is 53.4 Å². The molecule has 7 heteroatoms. The van der Waals surface area contributed by atoms with Gasteiger partial charge in [-0.25, -0.2) is 0 Å². The summed E-state index contributed by atoms with van der Waals surface area (Å²) in [6, 6.07) is 12.4. The second-order valence-electron chi connectivity index (χ2n) is 5.99. The highest BCUT2D eigenvalue weighted by Crippen LogP contribution is 2.35. The van der Waals surface area contributed by atoms with Gasteiger partial charge in [0.1, 0.15) is 16.5 Å². The van der Waals surface area contributed by atoms with Crippen LogP contribution in [0.2, 0.25) is 0 Å². The molecule has 0 radical (unpaired) electrons. The van der Waals surface area contributed by atoms with E-state index in [0.717, 1.165) is 27.2 Å². The van der Waals surface area contributed by atoms with Gasteiger partial charge in [-0.3, -0.25) is 9.55 Å². The molecular formula is C19H18BrN3O3. The zero-order valence-corrected chi connectivity index (χ0v) is 15.8. The molecule has 2 aromatic heterocycles. The molecule has 1 aliphatic rings. The minimum atomic E-state index is -0.0562. The van der Waals surface area contributed by atoms with Crippen molar-refractivity contribution in [3.63, 3.8) is 0 Å². The fourth-order valence-corrected chi connectivity index (χ4v) is 3.54. The molecule has 0 unspecified atom stereocenters. The highest BCUT2D eigenvalue weighted by molar-refractivity contribution is 9.10. The van der Waals surface area contributed by atoms with Gasteiger partial charge in [0, 0.05) is 18.0 Å². The first-order valence-electron chi connectivity index (χ1n) is 8.28. The Morgan fingerprint density at radius 1 is 1.27 bits per heavy atom. The molecule has 0 N–H and O–H groups in total. The molecule has 1 atom stereocenters. The number of methoxy groups -OCH3 is 1. The van der Waals surface area contributed by atoms with E-state index in [1.165, 1.54) is 0 Å². The largest absolute Gasteiger partial charge is 0.497 e. The average molecular weight is 416 g/mol. The molecule has 3 heterocycles. The standard InChI is InChI=1S/C19H18BrN3O3/c1-24-15-6-4-13(5-7-15)11-25-12-16-10-23-17(14-3-2-8-21-9-14)18(20)22-19(23)26-16/h2-9,16H,10-12H2,1H3/t16-/m0/s1. The van der Waals surface area contributed by atoms with Crippen LogP contribution in [-0.2, 0) is 17.9 Å². The van der Waals surface area contributed by atoms with E-state index < -0.39 is 0 Å². The zero-order valence-electron chi connectivity index (χ0n) is 14.3. The van der Waals surface area contributed by atoms with Crippen LogP contribution < -0.4 is 9.47 Å². The third-order valence-electron chi connectivity index (χ3n) is 4.21. The third-order valence-corrected chi connectivity index (χ3v) is 4.77. The van der Waals surface area contributed by atoms with Gasteiger partial charge in [0.15, 0.2) is 0 Å². The van der Waals surface area contributed by atoms with Gasteiger partial charge < -0.3 is 14.2 Å². The number of fused-ring (bicyclic) bond motifs is 1. The molecule has 0 aliphatic carbocycles. The summed E-state index contributed by atoms with van der Waals surface area (Å²) in [7, 11) is 1.66. The van der Waals surface area contributed by atoms with Gasteiger partial charge in [0.25, 0.3) is 6.01 Å². The predicted octanol–water partition coefficient (Wildman–Crippen LogP) is 3.69. The Kier molecular flexibility index (Phi) is 4.90. The molecule has 1 aliphatic heterocycles. The van der Waals surface area contributed by atoms with Gasteiger partial charge in [0.05, 0.1) is 32.6 Å². The molecule has 0 fully saturated rings. The minimum Gasteiger partial charge on any atom is -0.497 e. The van der Waals surface area contributed by atoms with E-state index in [9.17, 15) is 0 Å². The van der Waals surface area contributed by atoms with Gasteiger partial charge in [0.2, 0.25) is 0 Å². The predicted molar refractivity (Wildman–Crippen MR) is 100 cm³/mol. The van der Waals surface area contributed by atoms with Crippen LogP contribution in [0.5, 0.6) is 11.8 Å². The van der Waals surface area contributed by atoms with Gasteiger partial charge in [-0.05, 0) is 45.8 Å². The number of pyridine rings is 1. The van der Waals surface area contributed by atoms with E-state index >= 15 is 0 Å². The number of aromatic nitrogens is 3. The lowest BCUT2D eigenvalue weighted by molar-refractivity contribution is 0.0485. The maximum Gasteiger partial charge on any atom is 0.298 e. The SMILES string of the molecule is COc1ccc(COC[C@@H]2Cn3c(nc(Br)c3-c3cccnc3)O2)cc1. The van der Waals surface area contributed by atoms with Crippen LogP contribution in [0.25, 0.3) is 11.3 Å². The summed E-state index contributed by atoms with van der Waals surface area (Å²) in [5.74, 6) is 0.840. The summed E-state index contributed by atoms with van der Waals surface area (Å²) in [6.07, 6.45) is 3.52. The first-order chi connectivity index (χ1) is 12.7. The van der Waals surface area contributed by atoms with Crippen LogP contribution in [0, 0.1) is 0 Å². The molecule has 6 nitrogen and oxygen atoms in total. The van der Waals surface area contributed by atoms with Crippen molar-refractivity contribution in [3.8, 4) is 23.0 Å².